The third-order valence-corrected chi connectivity index (χ3v) is 5.89. The van der Waals surface area contributed by atoms with Crippen molar-refractivity contribution in [3.05, 3.63) is 72.8 Å². The second-order valence-electron chi connectivity index (χ2n) is 6.98. The van der Waals surface area contributed by atoms with E-state index in [9.17, 15) is 0 Å². The van der Waals surface area contributed by atoms with Crippen LogP contribution in [0.5, 0.6) is 0 Å². The summed E-state index contributed by atoms with van der Waals surface area (Å²) in [5, 5.41) is 16.7. The Bertz CT molecular complexity index is 1140. The highest BCUT2D eigenvalue weighted by Crippen LogP contribution is 2.47. The van der Waals surface area contributed by atoms with Gasteiger partial charge in [-0.3, -0.25) is 0 Å². The zero-order valence-corrected chi connectivity index (χ0v) is 14.9. The van der Waals surface area contributed by atoms with Gasteiger partial charge in [0.15, 0.2) is 0 Å². The quantitative estimate of drug-likeness (QED) is 0.195. The van der Waals surface area contributed by atoms with Gasteiger partial charge in [0, 0.05) is 0 Å². The number of rotatable bonds is 0. The molecule has 0 bridgehead atoms. The molecular formula is C26H18. The topological polar surface area (TPSA) is 0 Å². The van der Waals surface area contributed by atoms with Gasteiger partial charge >= 0.3 is 0 Å². The van der Waals surface area contributed by atoms with Crippen LogP contribution in [0.4, 0.5) is 0 Å². The highest BCUT2D eigenvalue weighted by molar-refractivity contribution is 6.44. The fourth-order valence-corrected chi connectivity index (χ4v) is 4.89. The van der Waals surface area contributed by atoms with Gasteiger partial charge in [-0.05, 0) is 64.6 Å². The Labute approximate surface area is 151 Å². The lowest BCUT2D eigenvalue weighted by molar-refractivity contribution is 1.50. The van der Waals surface area contributed by atoms with E-state index in [1.807, 2.05) is 13.8 Å². The molecule has 0 aromatic heterocycles. The molecule has 7 rings (SSSR count). The molecule has 0 radical (unpaired) electrons. The molecule has 0 heteroatoms. The van der Waals surface area contributed by atoms with E-state index in [0.717, 1.165) is 0 Å². The molecule has 26 heavy (non-hydrogen) atoms. The smallest absolute Gasteiger partial charge is 0.00139 e. The summed E-state index contributed by atoms with van der Waals surface area (Å²) >= 11 is 0. The fraction of sp³-hybridized carbons (Fsp3) is 0.0769. The summed E-state index contributed by atoms with van der Waals surface area (Å²) in [6, 6.07) is 27.3. The summed E-state index contributed by atoms with van der Waals surface area (Å²) in [6.07, 6.45) is 0. The van der Waals surface area contributed by atoms with Gasteiger partial charge in [-0.15, -0.1) is 0 Å². The average Bonchev–Trinajstić information content (AvgIpc) is 2.73. The van der Waals surface area contributed by atoms with E-state index in [1.54, 1.807) is 0 Å². The molecule has 0 spiro atoms. The normalized spacial score (nSPS) is 12.2. The highest BCUT2D eigenvalue weighted by atomic mass is 14.2. The molecule has 0 aliphatic heterocycles. The molecule has 0 aliphatic carbocycles. The van der Waals surface area contributed by atoms with Crippen molar-refractivity contribution < 1.29 is 0 Å². The third kappa shape index (κ3) is 1.47. The molecule has 122 valence electrons. The van der Waals surface area contributed by atoms with E-state index in [-0.39, 0.29) is 0 Å². The summed E-state index contributed by atoms with van der Waals surface area (Å²) in [4.78, 5) is 0. The zero-order chi connectivity index (χ0) is 17.4. The third-order valence-electron chi connectivity index (χ3n) is 5.89. The zero-order valence-electron chi connectivity index (χ0n) is 14.9. The average molecular weight is 330 g/mol. The van der Waals surface area contributed by atoms with Crippen LogP contribution in [-0.2, 0) is 0 Å². The van der Waals surface area contributed by atoms with Crippen molar-refractivity contribution in [2.75, 3.05) is 0 Å². The minimum Gasteiger partial charge on any atom is -0.0683 e. The Morgan fingerprint density at radius 3 is 0.500 bits per heavy atom. The van der Waals surface area contributed by atoms with Crippen molar-refractivity contribution >= 4 is 64.6 Å². The van der Waals surface area contributed by atoms with Crippen molar-refractivity contribution in [1.29, 1.82) is 0 Å². The predicted molar refractivity (Wildman–Crippen MR) is 116 cm³/mol. The lowest BCUT2D eigenvalue weighted by Crippen LogP contribution is -1.91. The lowest BCUT2D eigenvalue weighted by atomic mass is 9.83. The van der Waals surface area contributed by atoms with Crippen LogP contribution in [0.15, 0.2) is 72.8 Å². The van der Waals surface area contributed by atoms with Crippen LogP contribution in [0.25, 0.3) is 64.6 Å². The van der Waals surface area contributed by atoms with E-state index in [2.05, 4.69) is 72.8 Å². The molecule has 0 nitrogen and oxygen atoms in total. The Kier molecular flexibility index (Phi) is 2.57. The first-order valence-corrected chi connectivity index (χ1v) is 9.46. The Balaban J connectivity index is 0.000000666. The molecule has 0 saturated carbocycles. The van der Waals surface area contributed by atoms with E-state index in [0.29, 0.717) is 0 Å². The molecule has 0 aliphatic rings. The fourth-order valence-electron chi connectivity index (χ4n) is 4.89. The van der Waals surface area contributed by atoms with E-state index in [1.165, 1.54) is 64.6 Å². The molecule has 7 aromatic rings. The molecule has 0 amide bonds. The maximum Gasteiger partial charge on any atom is -0.00139 e. The summed E-state index contributed by atoms with van der Waals surface area (Å²) < 4.78 is 0. The summed E-state index contributed by atoms with van der Waals surface area (Å²) in [5.74, 6) is 0. The van der Waals surface area contributed by atoms with Gasteiger partial charge in [-0.25, -0.2) is 0 Å². The minimum atomic E-state index is 1.35. The maximum atomic E-state index is 2.27. The summed E-state index contributed by atoms with van der Waals surface area (Å²) in [5.41, 5.74) is 0. The lowest BCUT2D eigenvalue weighted by Gasteiger charge is -2.20. The molecule has 0 saturated heterocycles. The van der Waals surface area contributed by atoms with E-state index >= 15 is 0 Å². The van der Waals surface area contributed by atoms with Gasteiger partial charge in [0.2, 0.25) is 0 Å². The molecule has 7 aromatic carbocycles. The van der Waals surface area contributed by atoms with Gasteiger partial charge < -0.3 is 0 Å². The first-order chi connectivity index (χ1) is 12.9. The standard InChI is InChI=1S/C24H12.C2H6/c1-2-14-5-6-16-9-11-18-12-10-17-8-7-15-4-3-13(1)19-20(14)22(16)24(18)23(17)21(15)19;1-2/h1-12H;1-2H3. The SMILES string of the molecule is CC.c1cc2ccc3ccc4ccc5ccc6ccc1c1c2c3c4c5c61. The monoisotopic (exact) mass is 330 g/mol. The van der Waals surface area contributed by atoms with Crippen LogP contribution < -0.4 is 0 Å². The van der Waals surface area contributed by atoms with Crippen LogP contribution in [0.1, 0.15) is 13.8 Å². The van der Waals surface area contributed by atoms with Crippen LogP contribution in [0.3, 0.4) is 0 Å². The Morgan fingerprint density at radius 1 is 0.269 bits per heavy atom. The second kappa shape index (κ2) is 4.74. The molecule has 0 fully saturated rings. The molecule has 0 unspecified atom stereocenters. The van der Waals surface area contributed by atoms with Gasteiger partial charge in [0.05, 0.1) is 0 Å². The second-order valence-corrected chi connectivity index (χ2v) is 6.98. The summed E-state index contributed by atoms with van der Waals surface area (Å²) in [7, 11) is 0. The van der Waals surface area contributed by atoms with Crippen molar-refractivity contribution in [2.45, 2.75) is 13.8 Å². The summed E-state index contributed by atoms with van der Waals surface area (Å²) in [6.45, 7) is 4.00. The van der Waals surface area contributed by atoms with Gasteiger partial charge in [0.1, 0.15) is 0 Å². The predicted octanol–water partition coefficient (Wildman–Crippen LogP) is 7.95. The maximum absolute atomic E-state index is 2.27. The van der Waals surface area contributed by atoms with Crippen LogP contribution in [-0.4, -0.2) is 0 Å². The van der Waals surface area contributed by atoms with Crippen molar-refractivity contribution in [3.8, 4) is 0 Å². The molecule has 0 heterocycles. The number of benzene rings is 7. The van der Waals surface area contributed by atoms with Gasteiger partial charge in [0.25, 0.3) is 0 Å². The van der Waals surface area contributed by atoms with Gasteiger partial charge in [-0.1, -0.05) is 86.6 Å². The highest BCUT2D eigenvalue weighted by Gasteiger charge is 2.19. The largest absolute Gasteiger partial charge is 0.0683 e. The van der Waals surface area contributed by atoms with E-state index in [4.69, 9.17) is 0 Å². The van der Waals surface area contributed by atoms with Crippen LogP contribution >= 0.6 is 0 Å². The number of hydrogen-bond acceptors (Lipinski definition) is 0. The Morgan fingerprint density at radius 2 is 0.385 bits per heavy atom. The van der Waals surface area contributed by atoms with Crippen LogP contribution in [0, 0.1) is 0 Å². The van der Waals surface area contributed by atoms with Gasteiger partial charge in [-0.2, -0.15) is 0 Å². The van der Waals surface area contributed by atoms with Crippen molar-refractivity contribution in [1.82, 2.24) is 0 Å². The van der Waals surface area contributed by atoms with E-state index < -0.39 is 0 Å². The van der Waals surface area contributed by atoms with Crippen LogP contribution in [0.2, 0.25) is 0 Å². The van der Waals surface area contributed by atoms with Crippen molar-refractivity contribution in [3.63, 3.8) is 0 Å². The molecule has 0 atom stereocenters. The number of hydrogen-bond donors (Lipinski definition) is 0. The first-order valence-electron chi connectivity index (χ1n) is 9.46. The molecule has 0 N–H and O–H groups in total. The van der Waals surface area contributed by atoms with Crippen molar-refractivity contribution in [2.24, 2.45) is 0 Å². The minimum absolute atomic E-state index is 1.35. The Hall–Kier alpha value is -3.12. The first kappa shape index (κ1) is 14.1. The molecular weight excluding hydrogens is 312 g/mol.